The molecule has 2 amide bonds. The van der Waals surface area contributed by atoms with Crippen molar-refractivity contribution in [3.63, 3.8) is 0 Å². The lowest BCUT2D eigenvalue weighted by Crippen LogP contribution is -2.50. The molecule has 5 rings (SSSR count). The Labute approximate surface area is 193 Å². The molecule has 2 aliphatic heterocycles. The van der Waals surface area contributed by atoms with Crippen LogP contribution < -0.4 is 5.32 Å². The van der Waals surface area contributed by atoms with Crippen molar-refractivity contribution < 1.29 is 9.59 Å². The molecule has 3 heterocycles. The molecular weight excluding hydrogens is 416 g/mol. The molecule has 0 aliphatic carbocycles. The van der Waals surface area contributed by atoms with Gasteiger partial charge in [0.25, 0.3) is 5.91 Å². The highest BCUT2D eigenvalue weighted by Crippen LogP contribution is 2.27. The molecule has 1 aromatic heterocycles. The topological polar surface area (TPSA) is 83.4 Å². The molecule has 33 heavy (non-hydrogen) atoms. The van der Waals surface area contributed by atoms with Crippen molar-refractivity contribution in [2.75, 3.05) is 38.0 Å². The summed E-state index contributed by atoms with van der Waals surface area (Å²) >= 11 is 0. The fourth-order valence-electron chi connectivity index (χ4n) is 4.60. The molecule has 1 N–H and O–H groups in total. The van der Waals surface area contributed by atoms with Crippen LogP contribution in [0.3, 0.4) is 0 Å². The van der Waals surface area contributed by atoms with Crippen molar-refractivity contribution in [1.29, 1.82) is 0 Å². The molecule has 2 aliphatic rings. The summed E-state index contributed by atoms with van der Waals surface area (Å²) in [5, 5.41) is 11.5. The van der Waals surface area contributed by atoms with E-state index in [-0.39, 0.29) is 11.8 Å². The number of piperazine rings is 1. The Kier molecular flexibility index (Phi) is 5.68. The minimum absolute atomic E-state index is 0.0368. The highest BCUT2D eigenvalue weighted by atomic mass is 16.2. The molecule has 0 saturated carbocycles. The van der Waals surface area contributed by atoms with E-state index in [9.17, 15) is 9.59 Å². The van der Waals surface area contributed by atoms with Gasteiger partial charge in [-0.3, -0.25) is 19.1 Å². The average Bonchev–Trinajstić information content (AvgIpc) is 3.20. The van der Waals surface area contributed by atoms with Crippen LogP contribution in [0.2, 0.25) is 0 Å². The number of anilines is 1. The van der Waals surface area contributed by atoms with Crippen LogP contribution in [-0.2, 0) is 17.6 Å². The number of carbonyl (C=O) groups excluding carboxylic acids is 2. The van der Waals surface area contributed by atoms with Crippen molar-refractivity contribution in [1.82, 2.24) is 24.6 Å². The molecule has 0 atom stereocenters. The van der Waals surface area contributed by atoms with Crippen LogP contribution in [0.25, 0.3) is 5.69 Å². The van der Waals surface area contributed by atoms with Crippen LogP contribution in [0.15, 0.2) is 42.5 Å². The second-order valence-electron chi connectivity index (χ2n) is 8.82. The number of nitrogens with one attached hydrogen (secondary N) is 1. The second-order valence-corrected chi connectivity index (χ2v) is 8.82. The minimum atomic E-state index is -0.0368. The molecule has 0 unspecified atom stereocenters. The Morgan fingerprint density at radius 1 is 0.939 bits per heavy atom. The van der Waals surface area contributed by atoms with E-state index in [1.54, 1.807) is 0 Å². The maximum absolute atomic E-state index is 12.7. The zero-order valence-electron chi connectivity index (χ0n) is 19.0. The smallest absolute Gasteiger partial charge is 0.253 e. The summed E-state index contributed by atoms with van der Waals surface area (Å²) in [6, 6.07) is 13.7. The maximum atomic E-state index is 12.7. The summed E-state index contributed by atoms with van der Waals surface area (Å²) in [5.41, 5.74) is 4.94. The lowest BCUT2D eigenvalue weighted by atomic mass is 10.0. The van der Waals surface area contributed by atoms with E-state index in [4.69, 9.17) is 0 Å². The van der Waals surface area contributed by atoms with Gasteiger partial charge in [0.1, 0.15) is 11.6 Å². The van der Waals surface area contributed by atoms with Crippen LogP contribution in [0.4, 0.5) is 5.69 Å². The Morgan fingerprint density at radius 2 is 1.70 bits per heavy atom. The molecule has 0 radical (unpaired) electrons. The first kappa shape index (κ1) is 21.3. The molecule has 3 aromatic rings. The van der Waals surface area contributed by atoms with Crippen molar-refractivity contribution >= 4 is 17.5 Å². The molecule has 0 spiro atoms. The number of aryl methyl sites for hydroxylation is 4. The van der Waals surface area contributed by atoms with Crippen LogP contribution in [-0.4, -0.2) is 69.1 Å². The molecule has 8 nitrogen and oxygen atoms in total. The van der Waals surface area contributed by atoms with Gasteiger partial charge in [0, 0.05) is 43.9 Å². The third kappa shape index (κ3) is 4.39. The third-order valence-electron chi connectivity index (χ3n) is 6.44. The van der Waals surface area contributed by atoms with Crippen LogP contribution in [0, 0.1) is 13.8 Å². The normalized spacial score (nSPS) is 15.6. The molecule has 1 fully saturated rings. The van der Waals surface area contributed by atoms with Gasteiger partial charge < -0.3 is 10.2 Å². The molecule has 2 aromatic carbocycles. The van der Waals surface area contributed by atoms with E-state index in [1.165, 1.54) is 5.56 Å². The quantitative estimate of drug-likeness (QED) is 0.668. The highest BCUT2D eigenvalue weighted by Gasteiger charge is 2.24. The van der Waals surface area contributed by atoms with Gasteiger partial charge in [0.15, 0.2) is 0 Å². The zero-order chi connectivity index (χ0) is 22.9. The lowest BCUT2D eigenvalue weighted by molar-refractivity contribution is -0.117. The highest BCUT2D eigenvalue weighted by molar-refractivity contribution is 5.94. The number of hydrogen-bond donors (Lipinski definition) is 1. The summed E-state index contributed by atoms with van der Waals surface area (Å²) < 4.78 is 2.09. The Hall–Kier alpha value is -3.52. The van der Waals surface area contributed by atoms with Gasteiger partial charge >= 0.3 is 0 Å². The molecule has 1 saturated heterocycles. The van der Waals surface area contributed by atoms with Gasteiger partial charge in [0.2, 0.25) is 5.91 Å². The fraction of sp³-hybridized carbons (Fsp3) is 0.360. The zero-order valence-corrected chi connectivity index (χ0v) is 19.0. The number of benzene rings is 2. The molecule has 170 valence electrons. The van der Waals surface area contributed by atoms with E-state index in [0.717, 1.165) is 41.4 Å². The van der Waals surface area contributed by atoms with Crippen molar-refractivity contribution in [3.8, 4) is 5.69 Å². The number of amides is 2. The number of aromatic nitrogens is 3. The monoisotopic (exact) mass is 444 g/mol. The Bertz CT molecular complexity index is 1190. The van der Waals surface area contributed by atoms with E-state index in [1.807, 2.05) is 61.2 Å². The van der Waals surface area contributed by atoms with E-state index >= 15 is 0 Å². The van der Waals surface area contributed by atoms with E-state index in [2.05, 4.69) is 25.0 Å². The Morgan fingerprint density at radius 3 is 2.45 bits per heavy atom. The number of rotatable bonds is 4. The van der Waals surface area contributed by atoms with Crippen LogP contribution >= 0.6 is 0 Å². The summed E-state index contributed by atoms with van der Waals surface area (Å²) in [4.78, 5) is 29.3. The second kappa shape index (κ2) is 8.78. The van der Waals surface area contributed by atoms with Crippen molar-refractivity contribution in [2.24, 2.45) is 0 Å². The van der Waals surface area contributed by atoms with Crippen molar-refractivity contribution in [2.45, 2.75) is 26.7 Å². The number of fused-ring (bicyclic) bond motifs is 3. The third-order valence-corrected chi connectivity index (χ3v) is 6.44. The van der Waals surface area contributed by atoms with Gasteiger partial charge in [-0.25, -0.2) is 0 Å². The van der Waals surface area contributed by atoms with Crippen molar-refractivity contribution in [3.05, 3.63) is 70.8 Å². The minimum Gasteiger partial charge on any atom is -0.336 e. The van der Waals surface area contributed by atoms with Gasteiger partial charge in [0.05, 0.1) is 12.2 Å². The summed E-state index contributed by atoms with van der Waals surface area (Å²) in [6.07, 6.45) is 1.73. The summed E-state index contributed by atoms with van der Waals surface area (Å²) in [7, 11) is 0. The fourth-order valence-corrected chi connectivity index (χ4v) is 4.60. The van der Waals surface area contributed by atoms with E-state index in [0.29, 0.717) is 38.3 Å². The first-order valence-electron chi connectivity index (χ1n) is 11.4. The molecular formula is C25H28N6O2. The average molecular weight is 445 g/mol. The maximum Gasteiger partial charge on any atom is 0.253 e. The summed E-state index contributed by atoms with van der Waals surface area (Å²) in [6.45, 7) is 6.90. The first-order chi connectivity index (χ1) is 16.0. The number of carbonyl (C=O) groups is 2. The van der Waals surface area contributed by atoms with E-state index < -0.39 is 0 Å². The van der Waals surface area contributed by atoms with Gasteiger partial charge in [-0.1, -0.05) is 17.7 Å². The van der Waals surface area contributed by atoms with Gasteiger partial charge in [-0.15, -0.1) is 10.2 Å². The predicted molar refractivity (Wildman–Crippen MR) is 126 cm³/mol. The van der Waals surface area contributed by atoms with Crippen LogP contribution in [0.5, 0.6) is 0 Å². The van der Waals surface area contributed by atoms with Gasteiger partial charge in [-0.2, -0.15) is 0 Å². The first-order valence-corrected chi connectivity index (χ1v) is 11.4. The molecule has 8 heteroatoms. The Balaban J connectivity index is 1.15. The number of hydrogen-bond acceptors (Lipinski definition) is 5. The SMILES string of the molecule is Cc1ccc(C(=O)N2CCN(CC(=O)Nc3ccc4c(c3)CCc3nnc(C)n3-4)CC2)cc1. The number of nitrogens with zero attached hydrogens (tertiary/aromatic N) is 5. The predicted octanol–water partition coefficient (Wildman–Crippen LogP) is 2.38. The van der Waals surface area contributed by atoms with Crippen LogP contribution in [0.1, 0.15) is 33.1 Å². The van der Waals surface area contributed by atoms with Gasteiger partial charge in [-0.05, 0) is 56.2 Å². The molecule has 0 bridgehead atoms. The summed E-state index contributed by atoms with van der Waals surface area (Å²) in [5.74, 6) is 1.88. The largest absolute Gasteiger partial charge is 0.336 e. The lowest BCUT2D eigenvalue weighted by Gasteiger charge is -2.34. The standard InChI is InChI=1S/C25H28N6O2/c1-17-3-5-19(6-4-17)25(33)30-13-11-29(12-14-30)16-24(32)26-21-8-9-22-20(15-21)7-10-23-28-27-18(2)31(22)23/h3-6,8-9,15H,7,10-14,16H2,1-2H3,(H,26,32).